The van der Waals surface area contributed by atoms with E-state index in [9.17, 15) is 5.26 Å². The molecule has 4 bridgehead atoms. The standard InChI is InChI=1S/C29H43NO5/c1-28(34-29(35-31)25-16-21-15-22(18-25)19-26(29)17-21)8-2-3-24(20-28)23-4-6-27(7-5-23)33-14-11-30-9-12-32-13-10-30/h4-7,21-22,24-26,31H,2-3,8-20H2,1H3/t21?,22?,24?,25?,26?,28-,29?/m0/s1. The van der Waals surface area contributed by atoms with Gasteiger partial charge < -0.3 is 14.2 Å². The van der Waals surface area contributed by atoms with Crippen molar-refractivity contribution < 1.29 is 24.4 Å². The Bertz CT molecular complexity index is 825. The molecule has 1 aromatic carbocycles. The first kappa shape index (κ1) is 24.2. The molecular weight excluding hydrogens is 442 g/mol. The van der Waals surface area contributed by atoms with Crippen LogP contribution in [0.5, 0.6) is 5.75 Å². The fourth-order valence-electron chi connectivity index (χ4n) is 8.34. The maximum atomic E-state index is 10.2. The van der Waals surface area contributed by atoms with Crippen molar-refractivity contribution in [2.24, 2.45) is 23.7 Å². The molecule has 1 heterocycles. The quantitative estimate of drug-likeness (QED) is 0.299. The van der Waals surface area contributed by atoms with Gasteiger partial charge in [0.1, 0.15) is 12.4 Å². The maximum Gasteiger partial charge on any atom is 0.207 e. The fourth-order valence-corrected chi connectivity index (χ4v) is 8.34. The lowest BCUT2D eigenvalue weighted by molar-refractivity contribution is -0.476. The Labute approximate surface area is 210 Å². The van der Waals surface area contributed by atoms with Crippen LogP contribution in [0.15, 0.2) is 24.3 Å². The van der Waals surface area contributed by atoms with Crippen LogP contribution in [0.4, 0.5) is 0 Å². The van der Waals surface area contributed by atoms with E-state index >= 15 is 0 Å². The van der Waals surface area contributed by atoms with E-state index in [1.807, 2.05) is 0 Å². The molecule has 0 radical (unpaired) electrons. The number of ether oxygens (including phenoxy) is 3. The Balaban J connectivity index is 1.07. The Hall–Kier alpha value is -1.18. The Morgan fingerprint density at radius 3 is 2.34 bits per heavy atom. The first-order chi connectivity index (χ1) is 17.1. The molecule has 1 N–H and O–H groups in total. The third-order valence-electron chi connectivity index (χ3n) is 9.89. The number of benzene rings is 1. The zero-order chi connectivity index (χ0) is 23.9. The van der Waals surface area contributed by atoms with E-state index in [0.717, 1.165) is 95.4 Å². The second-order valence-electron chi connectivity index (χ2n) is 12.3. The summed E-state index contributed by atoms with van der Waals surface area (Å²) < 4.78 is 18.4. The van der Waals surface area contributed by atoms with Crippen molar-refractivity contribution in [2.45, 2.75) is 82.0 Å². The Morgan fingerprint density at radius 1 is 1.00 bits per heavy atom. The van der Waals surface area contributed by atoms with Crippen LogP contribution >= 0.6 is 0 Å². The van der Waals surface area contributed by atoms with E-state index in [2.05, 4.69) is 36.1 Å². The lowest BCUT2D eigenvalue weighted by Crippen LogP contribution is -2.63. The summed E-state index contributed by atoms with van der Waals surface area (Å²) in [5.74, 6) is 2.92. The third kappa shape index (κ3) is 4.89. The average Bonchev–Trinajstić information content (AvgIpc) is 2.87. The average molecular weight is 486 g/mol. The molecule has 7 rings (SSSR count). The van der Waals surface area contributed by atoms with Gasteiger partial charge in [0.25, 0.3) is 0 Å². The Kier molecular flexibility index (Phi) is 6.87. The van der Waals surface area contributed by atoms with Gasteiger partial charge in [-0.15, -0.1) is 0 Å². The SMILES string of the molecule is C[C@]1(OC2(OO)C3CC4CC(C3)CC2C4)CCCC(c2ccc(OCCN3CCOCC3)cc2)C1. The molecule has 1 saturated heterocycles. The van der Waals surface area contributed by atoms with Crippen LogP contribution in [0.3, 0.4) is 0 Å². The van der Waals surface area contributed by atoms with Crippen LogP contribution in [-0.4, -0.2) is 61.0 Å². The van der Waals surface area contributed by atoms with Crippen molar-refractivity contribution in [1.82, 2.24) is 4.90 Å². The van der Waals surface area contributed by atoms with Gasteiger partial charge in [0.05, 0.1) is 18.8 Å². The highest BCUT2D eigenvalue weighted by atomic mass is 17.1. The topological polar surface area (TPSA) is 60.4 Å². The van der Waals surface area contributed by atoms with Crippen molar-refractivity contribution in [3.05, 3.63) is 29.8 Å². The van der Waals surface area contributed by atoms with E-state index in [1.54, 1.807) is 0 Å². The lowest BCUT2D eigenvalue weighted by atomic mass is 9.53. The number of rotatable bonds is 8. The first-order valence-corrected chi connectivity index (χ1v) is 14.1. The van der Waals surface area contributed by atoms with E-state index in [4.69, 9.17) is 19.1 Å². The van der Waals surface area contributed by atoms with Crippen molar-refractivity contribution in [1.29, 1.82) is 0 Å². The van der Waals surface area contributed by atoms with E-state index in [0.29, 0.717) is 24.4 Å². The summed E-state index contributed by atoms with van der Waals surface area (Å²) in [6.07, 6.45) is 10.3. The minimum Gasteiger partial charge on any atom is -0.492 e. The van der Waals surface area contributed by atoms with Gasteiger partial charge in [-0.2, -0.15) is 0 Å². The van der Waals surface area contributed by atoms with Gasteiger partial charge in [-0.25, -0.2) is 10.1 Å². The zero-order valence-electron chi connectivity index (χ0n) is 21.3. The molecule has 1 unspecified atom stereocenters. The van der Waals surface area contributed by atoms with E-state index < -0.39 is 5.79 Å². The molecule has 0 spiro atoms. The summed E-state index contributed by atoms with van der Waals surface area (Å²) in [4.78, 5) is 7.77. The molecule has 5 aliphatic carbocycles. The molecule has 2 atom stereocenters. The molecule has 6 fully saturated rings. The summed E-state index contributed by atoms with van der Waals surface area (Å²) in [6.45, 7) is 7.56. The van der Waals surface area contributed by atoms with Crippen LogP contribution in [0.2, 0.25) is 0 Å². The molecule has 194 valence electrons. The van der Waals surface area contributed by atoms with Gasteiger partial charge in [0, 0.05) is 31.5 Å². The summed E-state index contributed by atoms with van der Waals surface area (Å²) in [5.41, 5.74) is 1.10. The summed E-state index contributed by atoms with van der Waals surface area (Å²) in [6, 6.07) is 8.72. The molecular formula is C29H43NO5. The second kappa shape index (κ2) is 9.94. The van der Waals surface area contributed by atoms with Gasteiger partial charge in [-0.3, -0.25) is 4.90 Å². The number of hydrogen-bond acceptors (Lipinski definition) is 6. The predicted octanol–water partition coefficient (Wildman–Crippen LogP) is 5.47. The number of hydrogen-bond donors (Lipinski definition) is 1. The summed E-state index contributed by atoms with van der Waals surface area (Å²) in [7, 11) is 0. The Morgan fingerprint density at radius 2 is 1.69 bits per heavy atom. The van der Waals surface area contributed by atoms with Crippen LogP contribution in [0.1, 0.15) is 76.2 Å². The fraction of sp³-hybridized carbons (Fsp3) is 0.793. The summed E-state index contributed by atoms with van der Waals surface area (Å²) in [5, 5.41) is 10.2. The molecule has 5 saturated carbocycles. The van der Waals surface area contributed by atoms with Gasteiger partial charge in [-0.1, -0.05) is 12.1 Å². The maximum absolute atomic E-state index is 10.2. The largest absolute Gasteiger partial charge is 0.492 e. The molecule has 6 aliphatic rings. The van der Waals surface area contributed by atoms with Crippen molar-refractivity contribution >= 4 is 0 Å². The third-order valence-corrected chi connectivity index (χ3v) is 9.89. The van der Waals surface area contributed by atoms with Crippen LogP contribution in [-0.2, 0) is 14.4 Å². The molecule has 6 heteroatoms. The summed E-state index contributed by atoms with van der Waals surface area (Å²) >= 11 is 0. The van der Waals surface area contributed by atoms with Crippen LogP contribution in [0, 0.1) is 23.7 Å². The van der Waals surface area contributed by atoms with E-state index in [-0.39, 0.29) is 5.60 Å². The highest BCUT2D eigenvalue weighted by molar-refractivity contribution is 5.30. The smallest absolute Gasteiger partial charge is 0.207 e. The van der Waals surface area contributed by atoms with Crippen molar-refractivity contribution in [3.63, 3.8) is 0 Å². The van der Waals surface area contributed by atoms with Crippen molar-refractivity contribution in [3.8, 4) is 5.75 Å². The van der Waals surface area contributed by atoms with Gasteiger partial charge in [0.15, 0.2) is 0 Å². The monoisotopic (exact) mass is 485 g/mol. The molecule has 1 aliphatic heterocycles. The first-order valence-electron chi connectivity index (χ1n) is 14.1. The molecule has 1 aromatic rings. The highest BCUT2D eigenvalue weighted by Crippen LogP contribution is 2.61. The lowest BCUT2D eigenvalue weighted by Gasteiger charge is -2.60. The van der Waals surface area contributed by atoms with E-state index in [1.165, 1.54) is 18.4 Å². The molecule has 6 nitrogen and oxygen atoms in total. The number of nitrogens with zero attached hydrogens (tertiary/aromatic N) is 1. The highest BCUT2D eigenvalue weighted by Gasteiger charge is 2.62. The minimum atomic E-state index is -0.789. The normalized spacial score (nSPS) is 41.3. The predicted molar refractivity (Wildman–Crippen MR) is 133 cm³/mol. The van der Waals surface area contributed by atoms with Crippen molar-refractivity contribution in [2.75, 3.05) is 39.5 Å². The van der Waals surface area contributed by atoms with Gasteiger partial charge in [-0.05, 0) is 100 Å². The number of morpholine rings is 1. The molecule has 0 amide bonds. The van der Waals surface area contributed by atoms with Gasteiger partial charge in [0.2, 0.25) is 5.79 Å². The van der Waals surface area contributed by atoms with Crippen LogP contribution in [0.25, 0.3) is 0 Å². The molecule has 35 heavy (non-hydrogen) atoms. The minimum absolute atomic E-state index is 0.269. The van der Waals surface area contributed by atoms with Crippen LogP contribution < -0.4 is 4.74 Å². The van der Waals surface area contributed by atoms with Gasteiger partial charge >= 0.3 is 0 Å². The molecule has 0 aromatic heterocycles. The zero-order valence-corrected chi connectivity index (χ0v) is 21.3. The second-order valence-corrected chi connectivity index (χ2v) is 12.3.